The van der Waals surface area contributed by atoms with Crippen LogP contribution < -0.4 is 10.1 Å². The zero-order valence-electron chi connectivity index (χ0n) is 13.1. The van der Waals surface area contributed by atoms with Gasteiger partial charge in [-0.05, 0) is 68.2 Å². The Morgan fingerprint density at radius 2 is 1.90 bits per heavy atom. The molecule has 20 heavy (non-hydrogen) atoms. The van der Waals surface area contributed by atoms with Crippen LogP contribution in [-0.2, 0) is 11.3 Å². The van der Waals surface area contributed by atoms with Gasteiger partial charge in [0.1, 0.15) is 12.4 Å². The second-order valence-electron chi connectivity index (χ2n) is 6.14. The summed E-state index contributed by atoms with van der Waals surface area (Å²) in [5.74, 6) is 0.858. The Bertz CT molecular complexity index is 413. The zero-order chi connectivity index (χ0) is 15.2. The number of rotatable bonds is 7. The molecule has 0 aliphatic heterocycles. The molecule has 1 N–H and O–H groups in total. The summed E-state index contributed by atoms with van der Waals surface area (Å²) >= 11 is 3.56. The topological polar surface area (TPSA) is 30.5 Å². The average molecular weight is 344 g/mol. The highest BCUT2D eigenvalue weighted by Crippen LogP contribution is 2.26. The van der Waals surface area contributed by atoms with Crippen molar-refractivity contribution >= 4 is 15.9 Å². The molecular formula is C16H26BrNO2. The van der Waals surface area contributed by atoms with Crippen LogP contribution in [0.1, 0.15) is 40.2 Å². The molecule has 0 heterocycles. The van der Waals surface area contributed by atoms with Gasteiger partial charge in [0.15, 0.2) is 0 Å². The van der Waals surface area contributed by atoms with E-state index in [9.17, 15) is 0 Å². The maximum atomic E-state index is 5.70. The highest BCUT2D eigenvalue weighted by molar-refractivity contribution is 9.10. The summed E-state index contributed by atoms with van der Waals surface area (Å²) in [5, 5.41) is 3.47. The molecule has 4 heteroatoms. The Morgan fingerprint density at radius 3 is 2.45 bits per heavy atom. The summed E-state index contributed by atoms with van der Waals surface area (Å²) in [7, 11) is 0. The molecular weight excluding hydrogens is 318 g/mol. The molecule has 0 bridgehead atoms. The third-order valence-electron chi connectivity index (χ3n) is 2.61. The van der Waals surface area contributed by atoms with Gasteiger partial charge in [0.25, 0.3) is 0 Å². The van der Waals surface area contributed by atoms with E-state index in [0.29, 0.717) is 13.2 Å². The van der Waals surface area contributed by atoms with Crippen LogP contribution in [0, 0.1) is 0 Å². The lowest BCUT2D eigenvalue weighted by atomic mass is 10.1. The van der Waals surface area contributed by atoms with Crippen molar-refractivity contribution in [3.63, 3.8) is 0 Å². The van der Waals surface area contributed by atoms with Gasteiger partial charge in [-0.25, -0.2) is 0 Å². The normalized spacial score (nSPS) is 11.9. The van der Waals surface area contributed by atoms with Crippen LogP contribution in [-0.4, -0.2) is 24.9 Å². The predicted molar refractivity (Wildman–Crippen MR) is 87.3 cm³/mol. The van der Waals surface area contributed by atoms with E-state index >= 15 is 0 Å². The molecule has 0 aliphatic rings. The van der Waals surface area contributed by atoms with Crippen LogP contribution in [0.2, 0.25) is 0 Å². The van der Waals surface area contributed by atoms with E-state index < -0.39 is 0 Å². The van der Waals surface area contributed by atoms with E-state index in [1.54, 1.807) is 0 Å². The van der Waals surface area contributed by atoms with E-state index in [1.807, 2.05) is 19.9 Å². The molecule has 1 rings (SSSR count). The average Bonchev–Trinajstić information content (AvgIpc) is 2.33. The van der Waals surface area contributed by atoms with Crippen LogP contribution in [0.4, 0.5) is 0 Å². The summed E-state index contributed by atoms with van der Waals surface area (Å²) in [6, 6.07) is 6.18. The fourth-order valence-electron chi connectivity index (χ4n) is 1.57. The van der Waals surface area contributed by atoms with Crippen molar-refractivity contribution < 1.29 is 9.47 Å². The van der Waals surface area contributed by atoms with Gasteiger partial charge in [-0.2, -0.15) is 0 Å². The van der Waals surface area contributed by atoms with E-state index in [2.05, 4.69) is 54.2 Å². The van der Waals surface area contributed by atoms with Crippen LogP contribution >= 0.6 is 15.9 Å². The van der Waals surface area contributed by atoms with Crippen LogP contribution in [0.25, 0.3) is 0 Å². The predicted octanol–water partition coefficient (Wildman–Crippen LogP) is 4.14. The van der Waals surface area contributed by atoms with E-state index in [-0.39, 0.29) is 11.6 Å². The fourth-order valence-corrected chi connectivity index (χ4v) is 2.11. The molecule has 0 atom stereocenters. The van der Waals surface area contributed by atoms with Crippen molar-refractivity contribution in [2.24, 2.45) is 0 Å². The van der Waals surface area contributed by atoms with E-state index in [0.717, 1.165) is 16.8 Å². The minimum atomic E-state index is 0.121. The molecule has 0 saturated carbocycles. The molecule has 3 nitrogen and oxygen atoms in total. The van der Waals surface area contributed by atoms with Crippen molar-refractivity contribution in [1.82, 2.24) is 5.32 Å². The number of hydrogen-bond donors (Lipinski definition) is 1. The zero-order valence-corrected chi connectivity index (χ0v) is 14.7. The minimum absolute atomic E-state index is 0.121. The Kier molecular flexibility index (Phi) is 7.00. The number of nitrogens with one attached hydrogen (secondary N) is 1. The highest BCUT2D eigenvalue weighted by atomic mass is 79.9. The van der Waals surface area contributed by atoms with Crippen LogP contribution in [0.15, 0.2) is 22.7 Å². The molecule has 1 aromatic rings. The first-order valence-corrected chi connectivity index (χ1v) is 7.85. The van der Waals surface area contributed by atoms with Gasteiger partial charge in [-0.3, -0.25) is 0 Å². The lowest BCUT2D eigenvalue weighted by Crippen LogP contribution is -2.35. The largest absolute Gasteiger partial charge is 0.490 e. The number of benzene rings is 1. The van der Waals surface area contributed by atoms with Crippen molar-refractivity contribution in [3.05, 3.63) is 28.2 Å². The van der Waals surface area contributed by atoms with Gasteiger partial charge in [-0.15, -0.1) is 0 Å². The maximum Gasteiger partial charge on any atom is 0.133 e. The lowest BCUT2D eigenvalue weighted by molar-refractivity contribution is 0.0551. The smallest absolute Gasteiger partial charge is 0.133 e. The molecule has 0 unspecified atom stereocenters. The van der Waals surface area contributed by atoms with E-state index in [1.165, 1.54) is 5.56 Å². The second kappa shape index (κ2) is 8.01. The molecule has 0 aliphatic carbocycles. The first-order chi connectivity index (χ1) is 9.28. The Morgan fingerprint density at radius 1 is 1.20 bits per heavy atom. The first-order valence-electron chi connectivity index (χ1n) is 7.06. The lowest BCUT2D eigenvalue weighted by Gasteiger charge is -2.20. The number of hydrogen-bond acceptors (Lipinski definition) is 3. The summed E-state index contributed by atoms with van der Waals surface area (Å²) in [4.78, 5) is 0. The molecule has 0 aromatic heterocycles. The highest BCUT2D eigenvalue weighted by Gasteiger charge is 2.09. The number of halogens is 1. The fraction of sp³-hybridized carbons (Fsp3) is 0.625. The summed E-state index contributed by atoms with van der Waals surface area (Å²) in [6.07, 6.45) is 0.243. The van der Waals surface area contributed by atoms with Crippen LogP contribution in [0.3, 0.4) is 0 Å². The summed E-state index contributed by atoms with van der Waals surface area (Å²) in [5.41, 5.74) is 1.35. The summed E-state index contributed by atoms with van der Waals surface area (Å²) in [6.45, 7) is 12.5. The Hall–Kier alpha value is -0.580. The van der Waals surface area contributed by atoms with Crippen molar-refractivity contribution in [2.75, 3.05) is 13.2 Å². The first kappa shape index (κ1) is 17.5. The quantitative estimate of drug-likeness (QED) is 0.754. The van der Waals surface area contributed by atoms with Crippen molar-refractivity contribution in [3.8, 4) is 5.75 Å². The molecule has 0 radical (unpaired) electrons. The van der Waals surface area contributed by atoms with E-state index in [4.69, 9.17) is 9.47 Å². The van der Waals surface area contributed by atoms with Crippen molar-refractivity contribution in [2.45, 2.75) is 52.8 Å². The van der Waals surface area contributed by atoms with Crippen LogP contribution in [0.5, 0.6) is 5.75 Å². The Balaban J connectivity index is 2.47. The van der Waals surface area contributed by atoms with Gasteiger partial charge in [0.2, 0.25) is 0 Å². The molecule has 0 saturated heterocycles. The Labute approximate surface area is 131 Å². The third kappa shape index (κ3) is 7.27. The molecule has 0 spiro atoms. The van der Waals surface area contributed by atoms with Gasteiger partial charge in [0.05, 0.1) is 17.2 Å². The maximum absolute atomic E-state index is 5.70. The SMILES string of the molecule is CC(C)OCCOc1ccc(CNC(C)(C)C)cc1Br. The van der Waals surface area contributed by atoms with Crippen molar-refractivity contribution in [1.29, 1.82) is 0 Å². The van der Waals surface area contributed by atoms with Gasteiger partial charge < -0.3 is 14.8 Å². The molecule has 0 fully saturated rings. The molecule has 114 valence electrons. The monoisotopic (exact) mass is 343 g/mol. The standard InChI is InChI=1S/C16H26BrNO2/c1-12(2)19-8-9-20-15-7-6-13(10-14(15)17)11-18-16(3,4)5/h6-7,10,12,18H,8-9,11H2,1-5H3. The van der Waals surface area contributed by atoms with Gasteiger partial charge >= 0.3 is 0 Å². The van der Waals surface area contributed by atoms with Gasteiger partial charge in [-0.1, -0.05) is 6.07 Å². The third-order valence-corrected chi connectivity index (χ3v) is 3.23. The number of ether oxygens (including phenoxy) is 2. The molecule has 1 aromatic carbocycles. The minimum Gasteiger partial charge on any atom is -0.490 e. The summed E-state index contributed by atoms with van der Waals surface area (Å²) < 4.78 is 12.1. The van der Waals surface area contributed by atoms with Gasteiger partial charge in [0, 0.05) is 12.1 Å². The second-order valence-corrected chi connectivity index (χ2v) is 6.99. The molecule has 0 amide bonds.